The van der Waals surface area contributed by atoms with Gasteiger partial charge in [-0.05, 0) is 17.2 Å². The van der Waals surface area contributed by atoms with Gasteiger partial charge in [0, 0.05) is 44.4 Å². The SMILES string of the molecule is Nc1[nH]c(=O)c(C(=O)O)c(-c2ccc(N3CCN(Cc4ccccc4)CC3)c([N+](=O)[O-])c2)c1C(=O)O. The highest BCUT2D eigenvalue weighted by molar-refractivity contribution is 6.07. The molecule has 0 spiro atoms. The number of rotatable bonds is 7. The van der Waals surface area contributed by atoms with E-state index in [4.69, 9.17) is 5.73 Å². The largest absolute Gasteiger partial charge is 0.478 e. The topological polar surface area (TPSA) is 183 Å². The normalized spacial score (nSPS) is 13.9. The van der Waals surface area contributed by atoms with Crippen LogP contribution in [0, 0.1) is 10.1 Å². The summed E-state index contributed by atoms with van der Waals surface area (Å²) in [7, 11) is 0. The molecule has 5 N–H and O–H groups in total. The second-order valence-electron chi connectivity index (χ2n) is 8.31. The number of H-pyrrole nitrogens is 1. The molecule has 1 aromatic heterocycles. The molecule has 12 nitrogen and oxygen atoms in total. The number of nitrogens with two attached hydrogens (primary N) is 1. The number of nitrogens with one attached hydrogen (secondary N) is 1. The maximum atomic E-state index is 12.3. The van der Waals surface area contributed by atoms with Crippen molar-refractivity contribution in [1.82, 2.24) is 9.88 Å². The van der Waals surface area contributed by atoms with Crippen molar-refractivity contribution in [2.24, 2.45) is 0 Å². The molecule has 3 aromatic rings. The lowest BCUT2D eigenvalue weighted by molar-refractivity contribution is -0.384. The molecule has 1 fully saturated rings. The minimum Gasteiger partial charge on any atom is -0.478 e. The molecular formula is C24H23N5O7. The lowest BCUT2D eigenvalue weighted by Crippen LogP contribution is -2.46. The van der Waals surface area contributed by atoms with Gasteiger partial charge in [-0.15, -0.1) is 0 Å². The number of aromatic carboxylic acids is 2. The van der Waals surface area contributed by atoms with Crippen LogP contribution in [0.4, 0.5) is 17.2 Å². The van der Waals surface area contributed by atoms with E-state index in [9.17, 15) is 34.7 Å². The molecule has 0 bridgehead atoms. The van der Waals surface area contributed by atoms with E-state index in [1.54, 1.807) is 0 Å². The van der Waals surface area contributed by atoms with Gasteiger partial charge in [0.1, 0.15) is 22.6 Å². The number of anilines is 2. The van der Waals surface area contributed by atoms with Crippen LogP contribution < -0.4 is 16.2 Å². The number of nitro groups is 1. The van der Waals surface area contributed by atoms with E-state index in [1.165, 1.54) is 17.7 Å². The second-order valence-corrected chi connectivity index (χ2v) is 8.31. The summed E-state index contributed by atoms with van der Waals surface area (Å²) in [5.74, 6) is -3.81. The Morgan fingerprint density at radius 3 is 2.22 bits per heavy atom. The highest BCUT2D eigenvalue weighted by Crippen LogP contribution is 2.36. The maximum absolute atomic E-state index is 12.3. The summed E-state index contributed by atoms with van der Waals surface area (Å²) in [6.45, 7) is 3.14. The molecule has 1 saturated heterocycles. The Bertz CT molecular complexity index is 1400. The molecule has 186 valence electrons. The summed E-state index contributed by atoms with van der Waals surface area (Å²) >= 11 is 0. The van der Waals surface area contributed by atoms with Crippen molar-refractivity contribution in [3.05, 3.63) is 85.7 Å². The van der Waals surface area contributed by atoms with Gasteiger partial charge in [0.05, 0.1) is 4.92 Å². The van der Waals surface area contributed by atoms with Crippen LogP contribution in [0.2, 0.25) is 0 Å². The van der Waals surface area contributed by atoms with Crippen LogP contribution in [0.1, 0.15) is 26.3 Å². The van der Waals surface area contributed by atoms with Gasteiger partial charge in [0.2, 0.25) is 0 Å². The molecule has 1 aliphatic heterocycles. The molecule has 12 heteroatoms. The van der Waals surface area contributed by atoms with Crippen LogP contribution in [-0.2, 0) is 6.54 Å². The Balaban J connectivity index is 1.69. The number of nitro benzene ring substituents is 1. The maximum Gasteiger partial charge on any atom is 0.342 e. The number of carboxylic acids is 2. The fourth-order valence-corrected chi connectivity index (χ4v) is 4.42. The van der Waals surface area contributed by atoms with E-state index in [2.05, 4.69) is 4.90 Å². The number of pyridine rings is 1. The van der Waals surface area contributed by atoms with Gasteiger partial charge < -0.3 is 25.8 Å². The number of carboxylic acid groups (broad SMARTS) is 2. The number of carbonyl (C=O) groups is 2. The van der Waals surface area contributed by atoms with Crippen molar-refractivity contribution >= 4 is 29.1 Å². The smallest absolute Gasteiger partial charge is 0.342 e. The van der Waals surface area contributed by atoms with Crippen molar-refractivity contribution in [2.75, 3.05) is 36.8 Å². The number of benzene rings is 2. The number of hydrogen-bond donors (Lipinski definition) is 4. The van der Waals surface area contributed by atoms with Crippen LogP contribution in [0.5, 0.6) is 0 Å². The Morgan fingerprint density at radius 2 is 1.64 bits per heavy atom. The minimum atomic E-state index is -1.69. The summed E-state index contributed by atoms with van der Waals surface area (Å²) in [6.07, 6.45) is 0. The van der Waals surface area contributed by atoms with Crippen LogP contribution >= 0.6 is 0 Å². The highest BCUT2D eigenvalue weighted by atomic mass is 16.6. The zero-order valence-electron chi connectivity index (χ0n) is 19.0. The molecule has 0 atom stereocenters. The molecular weight excluding hydrogens is 470 g/mol. The quantitative estimate of drug-likeness (QED) is 0.281. The molecule has 2 heterocycles. The van der Waals surface area contributed by atoms with E-state index in [1.807, 2.05) is 40.2 Å². The number of hydrogen-bond acceptors (Lipinski definition) is 8. The number of piperazine rings is 1. The summed E-state index contributed by atoms with van der Waals surface area (Å²) in [5.41, 5.74) is 3.59. The van der Waals surface area contributed by atoms with Gasteiger partial charge in [-0.2, -0.15) is 0 Å². The number of nitrogens with zero attached hydrogens (tertiary/aromatic N) is 3. The molecule has 0 aliphatic carbocycles. The second kappa shape index (κ2) is 9.88. The average molecular weight is 493 g/mol. The van der Waals surface area contributed by atoms with Crippen LogP contribution in [0.25, 0.3) is 11.1 Å². The Hall–Kier alpha value is -4.71. The lowest BCUT2D eigenvalue weighted by atomic mass is 9.94. The number of aromatic nitrogens is 1. The molecule has 0 unspecified atom stereocenters. The number of nitrogen functional groups attached to an aromatic ring is 1. The van der Waals surface area contributed by atoms with Crippen molar-refractivity contribution in [1.29, 1.82) is 0 Å². The molecule has 4 rings (SSSR count). The first-order valence-electron chi connectivity index (χ1n) is 11.0. The predicted molar refractivity (Wildman–Crippen MR) is 131 cm³/mol. The van der Waals surface area contributed by atoms with Crippen LogP contribution in [0.15, 0.2) is 53.3 Å². The number of aromatic amines is 1. The summed E-state index contributed by atoms with van der Waals surface area (Å²) in [6, 6.07) is 13.8. The van der Waals surface area contributed by atoms with Gasteiger partial charge in [0.15, 0.2) is 0 Å². The Labute approximate surface area is 204 Å². The molecule has 1 aliphatic rings. The van der Waals surface area contributed by atoms with E-state index >= 15 is 0 Å². The third-order valence-electron chi connectivity index (χ3n) is 6.10. The third-order valence-corrected chi connectivity index (χ3v) is 6.10. The third kappa shape index (κ3) is 4.74. The summed E-state index contributed by atoms with van der Waals surface area (Å²) < 4.78 is 0. The lowest BCUT2D eigenvalue weighted by Gasteiger charge is -2.35. The first kappa shape index (κ1) is 24.4. The summed E-state index contributed by atoms with van der Waals surface area (Å²) in [5, 5.41) is 31.2. The average Bonchev–Trinajstić information content (AvgIpc) is 2.83. The van der Waals surface area contributed by atoms with Crippen LogP contribution in [-0.4, -0.2) is 63.1 Å². The van der Waals surface area contributed by atoms with Gasteiger partial charge in [-0.1, -0.05) is 36.4 Å². The predicted octanol–water partition coefficient (Wildman–Crippen LogP) is 2.25. The van der Waals surface area contributed by atoms with Crippen molar-refractivity contribution in [3.8, 4) is 11.1 Å². The highest BCUT2D eigenvalue weighted by Gasteiger charge is 2.30. The zero-order chi connectivity index (χ0) is 26.0. The summed E-state index contributed by atoms with van der Waals surface area (Å²) in [4.78, 5) is 53.4. The van der Waals surface area contributed by atoms with Gasteiger partial charge in [-0.25, -0.2) is 9.59 Å². The standard InChI is InChI=1S/C24H23N5O7/c25-21-19(23(31)32)18(20(24(33)34)22(30)26-21)15-6-7-16(17(12-15)29(35)36)28-10-8-27(9-11-28)13-14-4-2-1-3-5-14/h1-7,12H,8-11,13H2,(H,31,32)(H,33,34)(H3,25,26,30). The fourth-order valence-electron chi connectivity index (χ4n) is 4.42. The van der Waals surface area contributed by atoms with Gasteiger partial charge >= 0.3 is 11.9 Å². The van der Waals surface area contributed by atoms with E-state index in [-0.39, 0.29) is 11.3 Å². The van der Waals surface area contributed by atoms with Gasteiger partial charge in [0.25, 0.3) is 11.2 Å². The molecule has 36 heavy (non-hydrogen) atoms. The van der Waals surface area contributed by atoms with Crippen molar-refractivity contribution < 1.29 is 24.7 Å². The zero-order valence-corrected chi connectivity index (χ0v) is 19.0. The van der Waals surface area contributed by atoms with Crippen LogP contribution in [0.3, 0.4) is 0 Å². The fraction of sp³-hybridized carbons (Fsp3) is 0.208. The molecule has 0 saturated carbocycles. The van der Waals surface area contributed by atoms with E-state index in [0.717, 1.165) is 12.6 Å². The molecule has 2 aromatic carbocycles. The Kier molecular flexibility index (Phi) is 6.70. The van der Waals surface area contributed by atoms with Crippen molar-refractivity contribution in [2.45, 2.75) is 6.54 Å². The minimum absolute atomic E-state index is 0.110. The molecule has 0 radical (unpaired) electrons. The van der Waals surface area contributed by atoms with Crippen molar-refractivity contribution in [3.63, 3.8) is 0 Å². The first-order valence-corrected chi connectivity index (χ1v) is 11.0. The van der Waals surface area contributed by atoms with E-state index < -0.39 is 44.9 Å². The van der Waals surface area contributed by atoms with E-state index in [0.29, 0.717) is 31.9 Å². The Morgan fingerprint density at radius 1 is 1.00 bits per heavy atom. The first-order chi connectivity index (χ1) is 17.2. The molecule has 0 amide bonds. The van der Waals surface area contributed by atoms with Gasteiger partial charge in [-0.3, -0.25) is 19.8 Å². The monoisotopic (exact) mass is 493 g/mol.